The minimum Gasteiger partial charge on any atom is -0.377 e. The average molecular weight is 246 g/mol. The molecule has 1 heterocycles. The molecule has 1 atom stereocenters. The first-order valence-corrected chi connectivity index (χ1v) is 5.30. The zero-order valence-corrected chi connectivity index (χ0v) is 9.05. The molecule has 1 aromatic rings. The van der Waals surface area contributed by atoms with Gasteiger partial charge in [-0.05, 0) is 18.2 Å². The molecule has 1 fully saturated rings. The normalized spacial score (nSPS) is 21.2. The molecule has 1 unspecified atom stereocenters. The molecule has 0 aliphatic carbocycles. The Bertz CT molecular complexity index is 375. The molecule has 0 amide bonds. The summed E-state index contributed by atoms with van der Waals surface area (Å²) in [7, 11) is 0. The quantitative estimate of drug-likeness (QED) is 0.838. The Hall–Kier alpha value is -1.27. The largest absolute Gasteiger partial charge is 0.416 e. The standard InChI is InChI=1S/C11H13F3N2O/c12-11(13,14)8-2-1-3-9(6-8)16-10-7-17-5-4-15-10/h1-3,6,10,15-16H,4-5,7H2. The van der Waals surface area contributed by atoms with Crippen LogP contribution in [0.15, 0.2) is 24.3 Å². The van der Waals surface area contributed by atoms with Crippen molar-refractivity contribution in [3.63, 3.8) is 0 Å². The molecule has 0 spiro atoms. The molecule has 0 bridgehead atoms. The number of halogens is 3. The summed E-state index contributed by atoms with van der Waals surface area (Å²) in [5, 5.41) is 6.07. The Labute approximate surface area is 97.0 Å². The minimum absolute atomic E-state index is 0.146. The predicted octanol–water partition coefficient (Wildman–Crippen LogP) is 2.06. The monoisotopic (exact) mass is 246 g/mol. The number of benzene rings is 1. The summed E-state index contributed by atoms with van der Waals surface area (Å²) in [4.78, 5) is 0. The highest BCUT2D eigenvalue weighted by atomic mass is 19.4. The van der Waals surface area contributed by atoms with Crippen molar-refractivity contribution in [1.82, 2.24) is 5.32 Å². The number of hydrogen-bond acceptors (Lipinski definition) is 3. The fourth-order valence-corrected chi connectivity index (χ4v) is 1.64. The van der Waals surface area contributed by atoms with Gasteiger partial charge in [0.05, 0.1) is 18.8 Å². The Morgan fingerprint density at radius 3 is 2.82 bits per heavy atom. The summed E-state index contributed by atoms with van der Waals surface area (Å²) in [5.74, 6) is 0. The molecule has 6 heteroatoms. The third kappa shape index (κ3) is 3.34. The van der Waals surface area contributed by atoms with Crippen LogP contribution >= 0.6 is 0 Å². The van der Waals surface area contributed by atoms with Crippen LogP contribution in [0.1, 0.15) is 5.56 Å². The van der Waals surface area contributed by atoms with Crippen molar-refractivity contribution >= 4 is 5.69 Å². The van der Waals surface area contributed by atoms with Gasteiger partial charge in [0, 0.05) is 12.2 Å². The first-order valence-electron chi connectivity index (χ1n) is 5.30. The number of hydrogen-bond donors (Lipinski definition) is 2. The van der Waals surface area contributed by atoms with E-state index in [1.807, 2.05) is 0 Å². The number of anilines is 1. The van der Waals surface area contributed by atoms with E-state index < -0.39 is 11.7 Å². The van der Waals surface area contributed by atoms with Crippen molar-refractivity contribution in [3.8, 4) is 0 Å². The maximum atomic E-state index is 12.5. The molecule has 2 rings (SSSR count). The van der Waals surface area contributed by atoms with Gasteiger partial charge in [0.1, 0.15) is 6.17 Å². The maximum absolute atomic E-state index is 12.5. The summed E-state index contributed by atoms with van der Waals surface area (Å²) in [6, 6.07) is 5.13. The van der Waals surface area contributed by atoms with Crippen LogP contribution in [0.5, 0.6) is 0 Å². The molecular formula is C11H13F3N2O. The van der Waals surface area contributed by atoms with Gasteiger partial charge in [-0.1, -0.05) is 6.07 Å². The number of nitrogens with one attached hydrogen (secondary N) is 2. The van der Waals surface area contributed by atoms with Crippen LogP contribution in [0.4, 0.5) is 18.9 Å². The Balaban J connectivity index is 2.05. The second-order valence-corrected chi connectivity index (χ2v) is 3.80. The molecule has 17 heavy (non-hydrogen) atoms. The van der Waals surface area contributed by atoms with Crippen molar-refractivity contribution in [1.29, 1.82) is 0 Å². The highest BCUT2D eigenvalue weighted by Gasteiger charge is 2.30. The van der Waals surface area contributed by atoms with E-state index in [1.165, 1.54) is 6.07 Å². The van der Waals surface area contributed by atoms with Gasteiger partial charge < -0.3 is 10.1 Å². The van der Waals surface area contributed by atoms with Crippen LogP contribution in [0.2, 0.25) is 0 Å². The molecule has 1 aromatic carbocycles. The highest BCUT2D eigenvalue weighted by Crippen LogP contribution is 2.30. The van der Waals surface area contributed by atoms with Crippen molar-refractivity contribution in [2.24, 2.45) is 0 Å². The third-order valence-corrected chi connectivity index (χ3v) is 2.45. The van der Waals surface area contributed by atoms with Gasteiger partial charge in [-0.3, -0.25) is 5.32 Å². The summed E-state index contributed by atoms with van der Waals surface area (Å²) in [6.45, 7) is 1.76. The summed E-state index contributed by atoms with van der Waals surface area (Å²) in [6.07, 6.45) is -4.46. The second kappa shape index (κ2) is 4.93. The maximum Gasteiger partial charge on any atom is 0.416 e. The fraction of sp³-hybridized carbons (Fsp3) is 0.455. The summed E-state index contributed by atoms with van der Waals surface area (Å²) in [5.41, 5.74) is -0.220. The first-order chi connectivity index (χ1) is 8.05. The Morgan fingerprint density at radius 2 is 2.18 bits per heavy atom. The van der Waals surface area contributed by atoms with E-state index in [2.05, 4.69) is 10.6 Å². The summed E-state index contributed by atoms with van der Waals surface area (Å²) < 4.78 is 42.6. The van der Waals surface area contributed by atoms with Gasteiger partial charge in [-0.25, -0.2) is 0 Å². The number of rotatable bonds is 2. The van der Waals surface area contributed by atoms with Crippen LogP contribution < -0.4 is 10.6 Å². The lowest BCUT2D eigenvalue weighted by Crippen LogP contribution is -2.46. The van der Waals surface area contributed by atoms with Gasteiger partial charge in [0.2, 0.25) is 0 Å². The van der Waals surface area contributed by atoms with E-state index in [4.69, 9.17) is 4.74 Å². The van der Waals surface area contributed by atoms with Crippen molar-refractivity contribution in [2.45, 2.75) is 12.3 Å². The van der Waals surface area contributed by atoms with E-state index in [-0.39, 0.29) is 6.17 Å². The lowest BCUT2D eigenvalue weighted by Gasteiger charge is -2.25. The van der Waals surface area contributed by atoms with E-state index in [1.54, 1.807) is 6.07 Å². The van der Waals surface area contributed by atoms with Crippen LogP contribution in [0.25, 0.3) is 0 Å². The van der Waals surface area contributed by atoms with Gasteiger partial charge >= 0.3 is 6.18 Å². The molecular weight excluding hydrogens is 233 g/mol. The van der Waals surface area contributed by atoms with Gasteiger partial charge in [-0.2, -0.15) is 13.2 Å². The lowest BCUT2D eigenvalue weighted by atomic mass is 10.2. The van der Waals surface area contributed by atoms with Crippen LogP contribution in [-0.2, 0) is 10.9 Å². The Kier molecular flexibility index (Phi) is 3.54. The molecule has 0 saturated carbocycles. The smallest absolute Gasteiger partial charge is 0.377 e. The minimum atomic E-state index is -4.31. The highest BCUT2D eigenvalue weighted by molar-refractivity contribution is 5.47. The number of morpholine rings is 1. The molecule has 0 radical (unpaired) electrons. The average Bonchev–Trinajstić information content (AvgIpc) is 2.29. The first kappa shape index (κ1) is 12.2. The molecule has 0 aromatic heterocycles. The van der Waals surface area contributed by atoms with Gasteiger partial charge in [0.15, 0.2) is 0 Å². The third-order valence-electron chi connectivity index (χ3n) is 2.45. The van der Waals surface area contributed by atoms with Crippen molar-refractivity contribution in [3.05, 3.63) is 29.8 Å². The van der Waals surface area contributed by atoms with Crippen molar-refractivity contribution < 1.29 is 17.9 Å². The van der Waals surface area contributed by atoms with E-state index in [0.29, 0.717) is 25.4 Å². The number of ether oxygens (including phenoxy) is 1. The molecule has 3 nitrogen and oxygen atoms in total. The van der Waals surface area contributed by atoms with Crippen LogP contribution in [0, 0.1) is 0 Å². The van der Waals surface area contributed by atoms with Gasteiger partial charge in [-0.15, -0.1) is 0 Å². The number of alkyl halides is 3. The summed E-state index contributed by atoms with van der Waals surface area (Å²) >= 11 is 0. The Morgan fingerprint density at radius 1 is 1.35 bits per heavy atom. The van der Waals surface area contributed by atoms with E-state index in [0.717, 1.165) is 12.1 Å². The fourth-order valence-electron chi connectivity index (χ4n) is 1.64. The van der Waals surface area contributed by atoms with Crippen LogP contribution in [0.3, 0.4) is 0 Å². The molecule has 2 N–H and O–H groups in total. The lowest BCUT2D eigenvalue weighted by molar-refractivity contribution is -0.137. The molecule has 1 aliphatic rings. The zero-order valence-electron chi connectivity index (χ0n) is 9.05. The van der Waals surface area contributed by atoms with Crippen LogP contribution in [-0.4, -0.2) is 25.9 Å². The zero-order chi connectivity index (χ0) is 12.3. The SMILES string of the molecule is FC(F)(F)c1cccc(NC2COCCN2)c1. The van der Waals surface area contributed by atoms with Crippen molar-refractivity contribution in [2.75, 3.05) is 25.1 Å². The van der Waals surface area contributed by atoms with E-state index in [9.17, 15) is 13.2 Å². The topological polar surface area (TPSA) is 33.3 Å². The predicted molar refractivity (Wildman–Crippen MR) is 57.7 cm³/mol. The van der Waals surface area contributed by atoms with E-state index >= 15 is 0 Å². The van der Waals surface area contributed by atoms with Gasteiger partial charge in [0.25, 0.3) is 0 Å². The second-order valence-electron chi connectivity index (χ2n) is 3.80. The molecule has 1 saturated heterocycles. The molecule has 94 valence electrons. The molecule has 1 aliphatic heterocycles.